The Kier molecular flexibility index (Phi) is 5.28. The molecule has 2 aromatic carbocycles. The van der Waals surface area contributed by atoms with Crippen LogP contribution in [0.5, 0.6) is 0 Å². The molecule has 1 N–H and O–H groups in total. The van der Waals surface area contributed by atoms with Gasteiger partial charge >= 0.3 is 0 Å². The molecule has 1 aliphatic rings. The number of nitrogens with one attached hydrogen (secondary N) is 1. The van der Waals surface area contributed by atoms with Gasteiger partial charge in [0.15, 0.2) is 0 Å². The van der Waals surface area contributed by atoms with Gasteiger partial charge in [-0.1, -0.05) is 64.5 Å². The summed E-state index contributed by atoms with van der Waals surface area (Å²) in [7, 11) is 0. The lowest BCUT2D eigenvalue weighted by molar-refractivity contribution is 0.559. The number of benzene rings is 2. The number of aromatic nitrogens is 2. The Balaban J connectivity index is 1.49. The first-order chi connectivity index (χ1) is 13.1. The van der Waals surface area contributed by atoms with Crippen molar-refractivity contribution in [3.8, 4) is 5.69 Å². The summed E-state index contributed by atoms with van der Waals surface area (Å²) in [5.41, 5.74) is 6.12. The molecule has 0 aliphatic heterocycles. The van der Waals surface area contributed by atoms with Crippen LogP contribution in [0.15, 0.2) is 71.2 Å². The lowest BCUT2D eigenvalue weighted by atomic mass is 9.96. The molecule has 3 aromatic rings. The van der Waals surface area contributed by atoms with Gasteiger partial charge in [-0.15, -0.1) is 0 Å². The Labute approximate surface area is 169 Å². The summed E-state index contributed by atoms with van der Waals surface area (Å²) in [5, 5.41) is 8.49. The third-order valence-corrected chi connectivity index (χ3v) is 5.76. The predicted molar refractivity (Wildman–Crippen MR) is 114 cm³/mol. The minimum absolute atomic E-state index is 0.406. The summed E-state index contributed by atoms with van der Waals surface area (Å²) in [6.45, 7) is 5.20. The van der Waals surface area contributed by atoms with E-state index in [4.69, 9.17) is 5.10 Å². The molecule has 4 rings (SSSR count). The standard InChI is InChI=1S/C23H24BrN3/c1-16-23(17(2)27(26-16)22-10-6-9-20(24)14-22)19-11-12-21(13-19)25-15-18-7-4-3-5-8-18/h3-12,14,19,21,25H,13,15H2,1-2H3/t19-,21+/m0/s1. The number of hydrogen-bond acceptors (Lipinski definition) is 2. The van der Waals surface area contributed by atoms with Crippen molar-refractivity contribution < 1.29 is 0 Å². The molecule has 0 saturated carbocycles. The number of nitrogens with zero attached hydrogens (tertiary/aromatic N) is 2. The SMILES string of the molecule is Cc1nn(-c2cccc(Br)c2)c(C)c1[C@H]1C=C[C@@H](NCc2ccccc2)C1. The minimum atomic E-state index is 0.406. The average molecular weight is 422 g/mol. The van der Waals surface area contributed by atoms with Crippen molar-refractivity contribution in [1.82, 2.24) is 15.1 Å². The van der Waals surface area contributed by atoms with Gasteiger partial charge in [0, 0.05) is 34.2 Å². The molecule has 2 atom stereocenters. The molecule has 0 spiro atoms. The Morgan fingerprint density at radius 1 is 1.07 bits per heavy atom. The van der Waals surface area contributed by atoms with E-state index in [1.165, 1.54) is 16.8 Å². The topological polar surface area (TPSA) is 29.9 Å². The van der Waals surface area contributed by atoms with E-state index in [1.54, 1.807) is 0 Å². The number of hydrogen-bond donors (Lipinski definition) is 1. The van der Waals surface area contributed by atoms with Crippen LogP contribution >= 0.6 is 15.9 Å². The van der Waals surface area contributed by atoms with Crippen molar-refractivity contribution >= 4 is 15.9 Å². The second kappa shape index (κ2) is 7.83. The van der Waals surface area contributed by atoms with E-state index < -0.39 is 0 Å². The highest BCUT2D eigenvalue weighted by atomic mass is 79.9. The molecule has 0 bridgehead atoms. The molecule has 4 heteroatoms. The van der Waals surface area contributed by atoms with Crippen LogP contribution in [0.1, 0.15) is 34.9 Å². The van der Waals surface area contributed by atoms with Crippen LogP contribution < -0.4 is 5.32 Å². The van der Waals surface area contributed by atoms with Crippen LogP contribution in [-0.4, -0.2) is 15.8 Å². The van der Waals surface area contributed by atoms with E-state index in [1.807, 2.05) is 6.07 Å². The highest BCUT2D eigenvalue weighted by Gasteiger charge is 2.26. The van der Waals surface area contributed by atoms with Crippen LogP contribution in [0.2, 0.25) is 0 Å². The highest BCUT2D eigenvalue weighted by molar-refractivity contribution is 9.10. The van der Waals surface area contributed by atoms with Gasteiger partial charge in [0.05, 0.1) is 11.4 Å². The molecule has 27 heavy (non-hydrogen) atoms. The molecule has 1 heterocycles. The first-order valence-corrected chi connectivity index (χ1v) is 10.2. The minimum Gasteiger partial charge on any atom is -0.306 e. The second-order valence-corrected chi connectivity index (χ2v) is 8.09. The van der Waals surface area contributed by atoms with Crippen LogP contribution in [0.25, 0.3) is 5.69 Å². The van der Waals surface area contributed by atoms with Crippen LogP contribution in [-0.2, 0) is 6.54 Å². The van der Waals surface area contributed by atoms with E-state index in [0.717, 1.165) is 28.8 Å². The number of rotatable bonds is 5. The second-order valence-electron chi connectivity index (χ2n) is 7.18. The Hall–Kier alpha value is -2.17. The molecule has 0 fully saturated rings. The summed E-state index contributed by atoms with van der Waals surface area (Å²) >= 11 is 3.56. The fourth-order valence-corrected chi connectivity index (χ4v) is 4.35. The lowest BCUT2D eigenvalue weighted by Crippen LogP contribution is -2.25. The van der Waals surface area contributed by atoms with E-state index in [-0.39, 0.29) is 0 Å². The molecule has 1 aliphatic carbocycles. The highest BCUT2D eigenvalue weighted by Crippen LogP contribution is 2.34. The molecule has 0 unspecified atom stereocenters. The monoisotopic (exact) mass is 421 g/mol. The van der Waals surface area contributed by atoms with E-state index in [2.05, 4.69) is 100 Å². The first-order valence-electron chi connectivity index (χ1n) is 9.39. The molecular weight excluding hydrogens is 398 g/mol. The summed E-state index contributed by atoms with van der Waals surface area (Å²) in [5.74, 6) is 0.416. The zero-order valence-corrected chi connectivity index (χ0v) is 17.3. The maximum atomic E-state index is 4.83. The van der Waals surface area contributed by atoms with Gasteiger partial charge in [0.2, 0.25) is 0 Å². The number of aryl methyl sites for hydroxylation is 1. The van der Waals surface area contributed by atoms with Crippen LogP contribution in [0, 0.1) is 13.8 Å². The number of allylic oxidation sites excluding steroid dienone is 1. The zero-order valence-electron chi connectivity index (χ0n) is 15.7. The fourth-order valence-electron chi connectivity index (χ4n) is 3.96. The van der Waals surface area contributed by atoms with Crippen molar-refractivity contribution in [1.29, 1.82) is 0 Å². The Morgan fingerprint density at radius 2 is 1.89 bits per heavy atom. The van der Waals surface area contributed by atoms with Gasteiger partial charge in [0.1, 0.15) is 0 Å². The smallest absolute Gasteiger partial charge is 0.0660 e. The van der Waals surface area contributed by atoms with E-state index >= 15 is 0 Å². The molecule has 0 amide bonds. The third kappa shape index (κ3) is 3.92. The lowest BCUT2D eigenvalue weighted by Gasteiger charge is -2.15. The zero-order chi connectivity index (χ0) is 18.8. The van der Waals surface area contributed by atoms with Crippen molar-refractivity contribution in [3.05, 3.63) is 93.7 Å². The van der Waals surface area contributed by atoms with Gasteiger partial charge in [-0.3, -0.25) is 0 Å². The normalized spacial score (nSPS) is 18.9. The molecular formula is C23H24BrN3. The summed E-state index contributed by atoms with van der Waals surface area (Å²) in [4.78, 5) is 0. The predicted octanol–water partition coefficient (Wildman–Crippen LogP) is 5.45. The molecule has 138 valence electrons. The Morgan fingerprint density at radius 3 is 2.67 bits per heavy atom. The molecule has 1 aromatic heterocycles. The van der Waals surface area contributed by atoms with E-state index in [9.17, 15) is 0 Å². The molecule has 0 saturated heterocycles. The van der Waals surface area contributed by atoms with Gasteiger partial charge < -0.3 is 5.32 Å². The summed E-state index contributed by atoms with van der Waals surface area (Å²) < 4.78 is 3.13. The largest absolute Gasteiger partial charge is 0.306 e. The van der Waals surface area contributed by atoms with Gasteiger partial charge in [-0.05, 0) is 44.0 Å². The maximum absolute atomic E-state index is 4.83. The van der Waals surface area contributed by atoms with Gasteiger partial charge in [-0.2, -0.15) is 5.10 Å². The number of halogens is 1. The van der Waals surface area contributed by atoms with Crippen molar-refractivity contribution in [2.24, 2.45) is 0 Å². The summed E-state index contributed by atoms with van der Waals surface area (Å²) in [6, 6.07) is 19.3. The Bertz CT molecular complexity index is 959. The van der Waals surface area contributed by atoms with Crippen molar-refractivity contribution in [2.45, 2.75) is 38.8 Å². The summed E-state index contributed by atoms with van der Waals surface area (Å²) in [6.07, 6.45) is 5.73. The van der Waals surface area contributed by atoms with Crippen LogP contribution in [0.3, 0.4) is 0 Å². The average Bonchev–Trinajstić information content (AvgIpc) is 3.25. The molecule has 0 radical (unpaired) electrons. The van der Waals surface area contributed by atoms with Crippen LogP contribution in [0.4, 0.5) is 0 Å². The van der Waals surface area contributed by atoms with Gasteiger partial charge in [0.25, 0.3) is 0 Å². The fraction of sp³-hybridized carbons (Fsp3) is 0.261. The van der Waals surface area contributed by atoms with Crippen molar-refractivity contribution in [3.63, 3.8) is 0 Å². The maximum Gasteiger partial charge on any atom is 0.0660 e. The third-order valence-electron chi connectivity index (χ3n) is 5.27. The molecule has 3 nitrogen and oxygen atoms in total. The quantitative estimate of drug-likeness (QED) is 0.554. The first kappa shape index (κ1) is 18.2. The van der Waals surface area contributed by atoms with Crippen molar-refractivity contribution in [2.75, 3.05) is 0 Å². The van der Waals surface area contributed by atoms with E-state index in [0.29, 0.717) is 12.0 Å². The van der Waals surface area contributed by atoms with Gasteiger partial charge in [-0.25, -0.2) is 4.68 Å².